The predicted octanol–water partition coefficient (Wildman–Crippen LogP) is 2.67. The number of carbonyl (C=O) groups is 4. The van der Waals surface area contributed by atoms with E-state index >= 15 is 0 Å². The molecule has 8 nitrogen and oxygen atoms in total. The van der Waals surface area contributed by atoms with E-state index < -0.39 is 23.0 Å². The van der Waals surface area contributed by atoms with Gasteiger partial charge >= 0.3 is 6.03 Å². The first kappa shape index (κ1) is 25.1. The Labute approximate surface area is 186 Å². The van der Waals surface area contributed by atoms with Crippen LogP contribution in [0.5, 0.6) is 0 Å². The molecule has 1 heterocycles. The van der Waals surface area contributed by atoms with Gasteiger partial charge in [0.05, 0.1) is 6.54 Å². The maximum absolute atomic E-state index is 13.2. The van der Waals surface area contributed by atoms with Gasteiger partial charge in [-0.1, -0.05) is 27.2 Å². The molecule has 2 rings (SSSR count). The minimum absolute atomic E-state index is 0.102. The lowest BCUT2D eigenvalue weighted by Gasteiger charge is -2.42. The molecule has 1 spiro atoms. The van der Waals surface area contributed by atoms with Crippen LogP contribution in [0.4, 0.5) is 4.79 Å². The topological polar surface area (TPSA) is 98.8 Å². The number of hydrogen-bond acceptors (Lipinski definition) is 4. The van der Waals surface area contributed by atoms with Crippen LogP contribution in [0.1, 0.15) is 80.6 Å². The molecule has 0 aromatic carbocycles. The van der Waals surface area contributed by atoms with Crippen molar-refractivity contribution in [2.75, 3.05) is 19.6 Å². The molecule has 1 aliphatic carbocycles. The number of rotatable bonds is 7. The molecule has 0 aromatic heterocycles. The molecule has 2 N–H and O–H groups in total. The molecule has 176 valence electrons. The summed E-state index contributed by atoms with van der Waals surface area (Å²) in [6.45, 7) is 13.9. The summed E-state index contributed by atoms with van der Waals surface area (Å²) in [5, 5.41) is 5.71. The Hall–Kier alpha value is -2.12. The predicted molar refractivity (Wildman–Crippen MR) is 119 cm³/mol. The van der Waals surface area contributed by atoms with Crippen LogP contribution in [0.25, 0.3) is 0 Å². The van der Waals surface area contributed by atoms with Crippen molar-refractivity contribution in [2.24, 2.45) is 11.3 Å². The first-order chi connectivity index (χ1) is 14.2. The molecule has 0 unspecified atom stereocenters. The third kappa shape index (κ3) is 5.77. The number of urea groups is 1. The Morgan fingerprint density at radius 3 is 2.19 bits per heavy atom. The fourth-order valence-electron chi connectivity index (χ4n) is 4.58. The van der Waals surface area contributed by atoms with Gasteiger partial charge in [-0.3, -0.25) is 19.3 Å². The highest BCUT2D eigenvalue weighted by atomic mass is 16.2. The third-order valence-electron chi connectivity index (χ3n) is 6.98. The third-order valence-corrected chi connectivity index (χ3v) is 6.98. The van der Waals surface area contributed by atoms with Gasteiger partial charge in [0.2, 0.25) is 11.8 Å². The van der Waals surface area contributed by atoms with Crippen LogP contribution in [-0.4, -0.2) is 64.3 Å². The van der Waals surface area contributed by atoms with Crippen molar-refractivity contribution in [2.45, 2.75) is 91.6 Å². The summed E-state index contributed by atoms with van der Waals surface area (Å²) < 4.78 is 0. The Morgan fingerprint density at radius 1 is 1.13 bits per heavy atom. The average Bonchev–Trinajstić information content (AvgIpc) is 2.89. The number of carbonyl (C=O) groups excluding carboxylic acids is 4. The second-order valence-corrected chi connectivity index (χ2v) is 10.7. The number of imide groups is 1. The van der Waals surface area contributed by atoms with E-state index in [0.29, 0.717) is 25.3 Å². The number of amides is 5. The van der Waals surface area contributed by atoms with E-state index in [1.807, 2.05) is 20.8 Å². The highest BCUT2D eigenvalue weighted by molar-refractivity contribution is 6.09. The highest BCUT2D eigenvalue weighted by Gasteiger charge is 2.53. The van der Waals surface area contributed by atoms with Gasteiger partial charge in [-0.15, -0.1) is 0 Å². The van der Waals surface area contributed by atoms with Crippen molar-refractivity contribution in [1.29, 1.82) is 0 Å². The van der Waals surface area contributed by atoms with Gasteiger partial charge in [-0.2, -0.15) is 0 Å². The maximum atomic E-state index is 13.2. The van der Waals surface area contributed by atoms with E-state index in [1.54, 1.807) is 6.92 Å². The Morgan fingerprint density at radius 2 is 1.71 bits per heavy atom. The number of hydrogen-bond donors (Lipinski definition) is 2. The number of nitrogens with one attached hydrogen (secondary N) is 2. The van der Waals surface area contributed by atoms with E-state index in [4.69, 9.17) is 0 Å². The van der Waals surface area contributed by atoms with Crippen LogP contribution in [0.15, 0.2) is 0 Å². The van der Waals surface area contributed by atoms with Crippen LogP contribution in [-0.2, 0) is 14.4 Å². The van der Waals surface area contributed by atoms with Crippen LogP contribution < -0.4 is 10.6 Å². The van der Waals surface area contributed by atoms with E-state index in [-0.39, 0.29) is 30.3 Å². The number of nitrogens with zero attached hydrogens (tertiary/aromatic N) is 2. The van der Waals surface area contributed by atoms with Gasteiger partial charge in [-0.25, -0.2) is 4.79 Å². The van der Waals surface area contributed by atoms with Gasteiger partial charge in [-0.05, 0) is 64.7 Å². The van der Waals surface area contributed by atoms with Crippen LogP contribution >= 0.6 is 0 Å². The minimum Gasteiger partial charge on any atom is -0.350 e. The fourth-order valence-corrected chi connectivity index (χ4v) is 4.58. The molecule has 8 heteroatoms. The summed E-state index contributed by atoms with van der Waals surface area (Å²) in [5.41, 5.74) is -1.08. The molecule has 2 fully saturated rings. The summed E-state index contributed by atoms with van der Waals surface area (Å²) in [6.07, 6.45) is 4.02. The zero-order chi connectivity index (χ0) is 23.6. The second kappa shape index (κ2) is 9.17. The Bertz CT molecular complexity index is 718. The molecule has 1 saturated carbocycles. The first-order valence-corrected chi connectivity index (χ1v) is 11.5. The van der Waals surface area contributed by atoms with Crippen molar-refractivity contribution in [3.63, 3.8) is 0 Å². The van der Waals surface area contributed by atoms with E-state index in [0.717, 1.165) is 24.2 Å². The standard InChI is InChI=1S/C23H40N4O4/c1-8-22(6,7)16-10-12-23(13-11-16)19(30)27(20(31)25-23)15-18(29)26(9-2)14-17(28)24-21(3,4)5/h16H,8-15H2,1-7H3,(H,24,28)(H,25,31). The van der Waals surface area contributed by atoms with Gasteiger partial charge in [0.15, 0.2) is 0 Å². The lowest BCUT2D eigenvalue weighted by molar-refractivity contribution is -0.141. The molecule has 31 heavy (non-hydrogen) atoms. The largest absolute Gasteiger partial charge is 0.350 e. The zero-order valence-corrected chi connectivity index (χ0v) is 20.3. The fraction of sp³-hybridized carbons (Fsp3) is 0.826. The molecule has 0 atom stereocenters. The quantitative estimate of drug-likeness (QED) is 0.600. The molecular formula is C23H40N4O4. The van der Waals surface area contributed by atoms with Crippen LogP contribution in [0.3, 0.4) is 0 Å². The summed E-state index contributed by atoms with van der Waals surface area (Å²) in [7, 11) is 0. The zero-order valence-electron chi connectivity index (χ0n) is 20.3. The molecule has 5 amide bonds. The van der Waals surface area contributed by atoms with E-state index in [1.165, 1.54) is 4.90 Å². The molecule has 0 aromatic rings. The SMILES string of the molecule is CCN(CC(=O)NC(C)(C)C)C(=O)CN1C(=O)NC2(CCC(C(C)(C)CC)CC2)C1=O. The molecule has 1 saturated heterocycles. The van der Waals surface area contributed by atoms with Gasteiger partial charge < -0.3 is 15.5 Å². The summed E-state index contributed by atoms with van der Waals surface area (Å²) in [4.78, 5) is 53.2. The Kier molecular flexibility index (Phi) is 7.43. The summed E-state index contributed by atoms with van der Waals surface area (Å²) >= 11 is 0. The van der Waals surface area contributed by atoms with Crippen molar-refractivity contribution in [3.8, 4) is 0 Å². The van der Waals surface area contributed by atoms with Gasteiger partial charge in [0.25, 0.3) is 5.91 Å². The smallest absolute Gasteiger partial charge is 0.325 e. The summed E-state index contributed by atoms with van der Waals surface area (Å²) in [5.74, 6) is -0.477. The molecular weight excluding hydrogens is 396 g/mol. The van der Waals surface area contributed by atoms with E-state index in [2.05, 4.69) is 31.4 Å². The minimum atomic E-state index is -0.891. The second-order valence-electron chi connectivity index (χ2n) is 10.7. The van der Waals surface area contributed by atoms with Crippen molar-refractivity contribution >= 4 is 23.8 Å². The normalized spacial score (nSPS) is 24.4. The average molecular weight is 437 g/mol. The lowest BCUT2D eigenvalue weighted by atomic mass is 9.65. The first-order valence-electron chi connectivity index (χ1n) is 11.5. The van der Waals surface area contributed by atoms with Crippen molar-refractivity contribution in [3.05, 3.63) is 0 Å². The molecule has 2 aliphatic rings. The number of likely N-dealkylation sites (N-methyl/N-ethyl adjacent to an activating group) is 1. The Balaban J connectivity index is 2.01. The van der Waals surface area contributed by atoms with Crippen molar-refractivity contribution in [1.82, 2.24) is 20.4 Å². The molecule has 1 aliphatic heterocycles. The van der Waals surface area contributed by atoms with Crippen LogP contribution in [0.2, 0.25) is 0 Å². The van der Waals surface area contributed by atoms with Gasteiger partial charge in [0.1, 0.15) is 12.1 Å². The van der Waals surface area contributed by atoms with Crippen LogP contribution in [0, 0.1) is 11.3 Å². The van der Waals surface area contributed by atoms with Crippen molar-refractivity contribution < 1.29 is 19.2 Å². The molecule has 0 radical (unpaired) electrons. The maximum Gasteiger partial charge on any atom is 0.325 e. The molecule has 0 bridgehead atoms. The summed E-state index contributed by atoms with van der Waals surface area (Å²) in [6, 6.07) is -0.512. The lowest BCUT2D eigenvalue weighted by Crippen LogP contribution is -2.52. The van der Waals surface area contributed by atoms with Gasteiger partial charge in [0, 0.05) is 12.1 Å². The van der Waals surface area contributed by atoms with E-state index in [9.17, 15) is 19.2 Å². The monoisotopic (exact) mass is 436 g/mol. The highest BCUT2D eigenvalue weighted by Crippen LogP contribution is 2.45.